The standard InChI is InChI=1S/C8H6ClNS/c1-6(2-3-10)7-4-8(9)11-5-7/h2,4-5H,1H3. The largest absolute Gasteiger partial charge is 0.193 e. The molecule has 0 N–H and O–H groups in total. The topological polar surface area (TPSA) is 23.8 Å². The molecule has 0 aliphatic heterocycles. The zero-order chi connectivity index (χ0) is 8.27. The van der Waals surface area contributed by atoms with Crippen LogP contribution in [-0.2, 0) is 0 Å². The minimum absolute atomic E-state index is 0.755. The molecule has 0 aliphatic carbocycles. The van der Waals surface area contributed by atoms with Crippen molar-refractivity contribution >= 4 is 28.5 Å². The summed E-state index contributed by atoms with van der Waals surface area (Å²) in [7, 11) is 0. The fourth-order valence-electron chi connectivity index (χ4n) is 0.697. The summed E-state index contributed by atoms with van der Waals surface area (Å²) in [4.78, 5) is 0. The number of hydrogen-bond donors (Lipinski definition) is 0. The van der Waals surface area contributed by atoms with E-state index >= 15 is 0 Å². The summed E-state index contributed by atoms with van der Waals surface area (Å²) in [6.07, 6.45) is 1.51. The monoisotopic (exact) mass is 183 g/mol. The Bertz CT molecular complexity index is 319. The Morgan fingerprint density at radius 2 is 2.55 bits per heavy atom. The van der Waals surface area contributed by atoms with Crippen molar-refractivity contribution in [1.82, 2.24) is 0 Å². The van der Waals surface area contributed by atoms with Crippen LogP contribution in [0.2, 0.25) is 4.34 Å². The average Bonchev–Trinajstić information content (AvgIpc) is 2.36. The van der Waals surface area contributed by atoms with E-state index in [1.165, 1.54) is 17.4 Å². The SMILES string of the molecule is CC(=CC#N)c1csc(Cl)c1. The fraction of sp³-hybridized carbons (Fsp3) is 0.125. The van der Waals surface area contributed by atoms with Gasteiger partial charge in [-0.05, 0) is 29.5 Å². The van der Waals surface area contributed by atoms with E-state index in [2.05, 4.69) is 0 Å². The van der Waals surface area contributed by atoms with Crippen LogP contribution < -0.4 is 0 Å². The number of nitrogens with zero attached hydrogens (tertiary/aromatic N) is 1. The third kappa shape index (κ3) is 2.07. The first kappa shape index (κ1) is 8.32. The van der Waals surface area contributed by atoms with Gasteiger partial charge in [-0.3, -0.25) is 0 Å². The molecule has 0 spiro atoms. The summed E-state index contributed by atoms with van der Waals surface area (Å²) < 4.78 is 0.755. The van der Waals surface area contributed by atoms with Crippen LogP contribution in [0.15, 0.2) is 17.5 Å². The third-order valence-electron chi connectivity index (χ3n) is 1.30. The van der Waals surface area contributed by atoms with Crippen molar-refractivity contribution < 1.29 is 0 Å². The second-order valence-corrected chi connectivity index (χ2v) is 3.64. The van der Waals surface area contributed by atoms with Gasteiger partial charge in [-0.15, -0.1) is 11.3 Å². The lowest BCUT2D eigenvalue weighted by molar-refractivity contribution is 1.53. The Morgan fingerprint density at radius 1 is 1.82 bits per heavy atom. The zero-order valence-electron chi connectivity index (χ0n) is 5.97. The van der Waals surface area contributed by atoms with Crippen molar-refractivity contribution in [3.63, 3.8) is 0 Å². The minimum Gasteiger partial charge on any atom is -0.193 e. The molecule has 0 atom stereocenters. The van der Waals surface area contributed by atoms with Crippen LogP contribution in [-0.4, -0.2) is 0 Å². The molecule has 0 saturated heterocycles. The molecule has 0 unspecified atom stereocenters. The Labute approximate surface area is 74.5 Å². The van der Waals surface area contributed by atoms with Crippen LogP contribution >= 0.6 is 22.9 Å². The van der Waals surface area contributed by atoms with E-state index in [0.29, 0.717) is 0 Å². The molecule has 1 aromatic heterocycles. The van der Waals surface area contributed by atoms with Crippen LogP contribution in [0.5, 0.6) is 0 Å². The maximum Gasteiger partial charge on any atom is 0.0934 e. The van der Waals surface area contributed by atoms with Gasteiger partial charge >= 0.3 is 0 Å². The molecule has 3 heteroatoms. The molecule has 0 saturated carbocycles. The van der Waals surface area contributed by atoms with Gasteiger partial charge in [0.25, 0.3) is 0 Å². The van der Waals surface area contributed by atoms with Crippen molar-refractivity contribution in [2.75, 3.05) is 0 Å². The van der Waals surface area contributed by atoms with Gasteiger partial charge in [-0.1, -0.05) is 11.6 Å². The highest BCUT2D eigenvalue weighted by Gasteiger charge is 1.97. The number of hydrogen-bond acceptors (Lipinski definition) is 2. The Balaban J connectivity index is 2.95. The van der Waals surface area contributed by atoms with Gasteiger partial charge in [0, 0.05) is 6.08 Å². The maximum atomic E-state index is 8.35. The van der Waals surface area contributed by atoms with Crippen molar-refractivity contribution in [2.24, 2.45) is 0 Å². The normalized spacial score (nSPS) is 11.2. The highest BCUT2D eigenvalue weighted by Crippen LogP contribution is 2.24. The Morgan fingerprint density at radius 3 is 3.00 bits per heavy atom. The summed E-state index contributed by atoms with van der Waals surface area (Å²) in [5.74, 6) is 0. The van der Waals surface area contributed by atoms with Crippen LogP contribution in [0.3, 0.4) is 0 Å². The van der Waals surface area contributed by atoms with Gasteiger partial charge in [0.15, 0.2) is 0 Å². The lowest BCUT2D eigenvalue weighted by Crippen LogP contribution is -1.70. The summed E-state index contributed by atoms with van der Waals surface area (Å²) >= 11 is 7.19. The maximum absolute atomic E-state index is 8.35. The second kappa shape index (κ2) is 3.56. The Hall–Kier alpha value is -0.780. The minimum atomic E-state index is 0.755. The molecule has 1 heterocycles. The number of halogens is 1. The fourth-order valence-corrected chi connectivity index (χ4v) is 1.64. The first-order valence-corrected chi connectivity index (χ1v) is 4.30. The van der Waals surface area contributed by atoms with Gasteiger partial charge < -0.3 is 0 Å². The van der Waals surface area contributed by atoms with E-state index in [-0.39, 0.29) is 0 Å². The molecule has 1 aromatic rings. The lowest BCUT2D eigenvalue weighted by Gasteiger charge is -1.89. The molecule has 0 aliphatic rings. The van der Waals surface area contributed by atoms with E-state index < -0.39 is 0 Å². The van der Waals surface area contributed by atoms with E-state index in [4.69, 9.17) is 16.9 Å². The molecular formula is C8H6ClNS. The molecule has 11 heavy (non-hydrogen) atoms. The van der Waals surface area contributed by atoms with Crippen molar-refractivity contribution in [2.45, 2.75) is 6.92 Å². The molecule has 0 amide bonds. The Kier molecular flexibility index (Phi) is 2.70. The number of nitriles is 1. The van der Waals surface area contributed by atoms with Gasteiger partial charge in [-0.2, -0.15) is 5.26 Å². The van der Waals surface area contributed by atoms with Crippen LogP contribution in [0.1, 0.15) is 12.5 Å². The smallest absolute Gasteiger partial charge is 0.0934 e. The van der Waals surface area contributed by atoms with Crippen molar-refractivity contribution in [1.29, 1.82) is 5.26 Å². The van der Waals surface area contributed by atoms with Crippen LogP contribution in [0.4, 0.5) is 0 Å². The van der Waals surface area contributed by atoms with E-state index in [1.54, 1.807) is 0 Å². The summed E-state index contributed by atoms with van der Waals surface area (Å²) in [6.45, 7) is 1.89. The lowest BCUT2D eigenvalue weighted by atomic mass is 10.1. The van der Waals surface area contributed by atoms with E-state index in [1.807, 2.05) is 24.4 Å². The average molecular weight is 184 g/mol. The van der Waals surface area contributed by atoms with E-state index in [9.17, 15) is 0 Å². The molecule has 56 valence electrons. The van der Waals surface area contributed by atoms with Gasteiger partial charge in [-0.25, -0.2) is 0 Å². The molecule has 0 aromatic carbocycles. The predicted octanol–water partition coefficient (Wildman–Crippen LogP) is 3.33. The summed E-state index contributed by atoms with van der Waals surface area (Å²) in [6, 6.07) is 3.83. The molecule has 1 rings (SSSR count). The van der Waals surface area contributed by atoms with Crippen LogP contribution in [0, 0.1) is 11.3 Å². The van der Waals surface area contributed by atoms with Gasteiger partial charge in [0.1, 0.15) is 0 Å². The van der Waals surface area contributed by atoms with Crippen molar-refractivity contribution in [3.05, 3.63) is 27.4 Å². The molecular weight excluding hydrogens is 178 g/mol. The van der Waals surface area contributed by atoms with E-state index in [0.717, 1.165) is 15.5 Å². The first-order valence-electron chi connectivity index (χ1n) is 3.05. The molecule has 1 nitrogen and oxygen atoms in total. The van der Waals surface area contributed by atoms with Crippen LogP contribution in [0.25, 0.3) is 5.57 Å². The third-order valence-corrected chi connectivity index (χ3v) is 2.40. The highest BCUT2D eigenvalue weighted by molar-refractivity contribution is 7.14. The number of allylic oxidation sites excluding steroid dienone is 2. The summed E-state index contributed by atoms with van der Waals surface area (Å²) in [5, 5.41) is 10.3. The molecule has 0 radical (unpaired) electrons. The molecule has 0 fully saturated rings. The van der Waals surface area contributed by atoms with Crippen molar-refractivity contribution in [3.8, 4) is 6.07 Å². The molecule has 0 bridgehead atoms. The predicted molar refractivity (Wildman–Crippen MR) is 48.6 cm³/mol. The quantitative estimate of drug-likeness (QED) is 0.613. The zero-order valence-corrected chi connectivity index (χ0v) is 7.54. The van der Waals surface area contributed by atoms with Gasteiger partial charge in [0.05, 0.1) is 10.4 Å². The summed E-state index contributed by atoms with van der Waals surface area (Å²) in [5.41, 5.74) is 1.98. The highest BCUT2D eigenvalue weighted by atomic mass is 35.5. The number of thiophene rings is 1. The van der Waals surface area contributed by atoms with Gasteiger partial charge in [0.2, 0.25) is 0 Å². The first-order chi connectivity index (χ1) is 5.24. The number of rotatable bonds is 1. The second-order valence-electron chi connectivity index (χ2n) is 2.10.